The van der Waals surface area contributed by atoms with Crippen LogP contribution in [-0.4, -0.2) is 11.7 Å². The average molecular weight is 451 g/mol. The molecule has 0 saturated carbocycles. The van der Waals surface area contributed by atoms with Crippen LogP contribution in [0.5, 0.6) is 0 Å². The molecule has 0 aliphatic rings. The van der Waals surface area contributed by atoms with Gasteiger partial charge in [-0.05, 0) is 17.7 Å². The lowest BCUT2D eigenvalue weighted by Gasteiger charge is -2.22. The van der Waals surface area contributed by atoms with Crippen molar-refractivity contribution in [2.24, 2.45) is 0 Å². The van der Waals surface area contributed by atoms with Crippen LogP contribution in [0.15, 0.2) is 78.9 Å². The van der Waals surface area contributed by atoms with Crippen LogP contribution in [0.4, 0.5) is 26.3 Å². The Morgan fingerprint density at radius 2 is 1.12 bits per heavy atom. The minimum Gasteiger partial charge on any atom is -0.338 e. The Balaban J connectivity index is 2.11. The van der Waals surface area contributed by atoms with E-state index >= 15 is 0 Å². The Labute approximate surface area is 178 Å². The van der Waals surface area contributed by atoms with Crippen LogP contribution in [0.1, 0.15) is 43.4 Å². The van der Waals surface area contributed by atoms with Crippen molar-refractivity contribution in [1.82, 2.24) is 5.32 Å². The molecule has 0 aliphatic carbocycles. The average Bonchev–Trinajstić information content (AvgIpc) is 2.76. The van der Waals surface area contributed by atoms with Crippen LogP contribution in [0.3, 0.4) is 0 Å². The third-order valence-corrected chi connectivity index (χ3v) is 4.63. The lowest BCUT2D eigenvalue weighted by Crippen LogP contribution is -2.36. The number of halogens is 6. The minimum atomic E-state index is -5.22. The van der Waals surface area contributed by atoms with Crippen molar-refractivity contribution in [3.63, 3.8) is 0 Å². The first kappa shape index (κ1) is 23.1. The summed E-state index contributed by atoms with van der Waals surface area (Å²) in [6.45, 7) is 0. The van der Waals surface area contributed by atoms with Gasteiger partial charge >= 0.3 is 12.4 Å². The standard InChI is InChI=1S/C23H15F6NO2/c24-22(25,26)16-12-7-13-17(23(27,28)29)18(16)21(32)30-19(14-8-3-1-4-9-14)20(31)15-10-5-2-6-11-15/h1-13,19H,(H,30,32)/t19-/m1/s1. The van der Waals surface area contributed by atoms with Gasteiger partial charge < -0.3 is 5.32 Å². The summed E-state index contributed by atoms with van der Waals surface area (Å²) in [7, 11) is 0. The second-order valence-electron chi connectivity index (χ2n) is 6.77. The van der Waals surface area contributed by atoms with Gasteiger partial charge in [0.2, 0.25) is 0 Å². The van der Waals surface area contributed by atoms with Crippen molar-refractivity contribution in [2.75, 3.05) is 0 Å². The molecule has 9 heteroatoms. The molecule has 1 amide bonds. The number of benzene rings is 3. The maximum atomic E-state index is 13.4. The summed E-state index contributed by atoms with van der Waals surface area (Å²) >= 11 is 0. The first-order chi connectivity index (χ1) is 15.0. The summed E-state index contributed by atoms with van der Waals surface area (Å²) < 4.78 is 80.7. The van der Waals surface area contributed by atoms with E-state index in [4.69, 9.17) is 0 Å². The third-order valence-electron chi connectivity index (χ3n) is 4.63. The van der Waals surface area contributed by atoms with Gasteiger partial charge in [-0.15, -0.1) is 0 Å². The summed E-state index contributed by atoms with van der Waals surface area (Å²) in [5.74, 6) is -2.36. The number of ketones is 1. The van der Waals surface area contributed by atoms with Gasteiger partial charge in [0.1, 0.15) is 6.04 Å². The topological polar surface area (TPSA) is 46.2 Å². The van der Waals surface area contributed by atoms with E-state index < -0.39 is 46.8 Å². The monoisotopic (exact) mass is 451 g/mol. The highest BCUT2D eigenvalue weighted by Crippen LogP contribution is 2.39. The quantitative estimate of drug-likeness (QED) is 0.378. The fourth-order valence-corrected chi connectivity index (χ4v) is 3.19. The summed E-state index contributed by atoms with van der Waals surface area (Å²) in [6.07, 6.45) is -10.4. The molecule has 3 aromatic rings. The molecular weight excluding hydrogens is 436 g/mol. The van der Waals surface area contributed by atoms with E-state index in [0.29, 0.717) is 18.2 Å². The second-order valence-corrected chi connectivity index (χ2v) is 6.77. The van der Waals surface area contributed by atoms with Crippen molar-refractivity contribution in [1.29, 1.82) is 0 Å². The molecule has 0 radical (unpaired) electrons. The van der Waals surface area contributed by atoms with E-state index in [9.17, 15) is 35.9 Å². The molecule has 1 atom stereocenters. The molecule has 0 aliphatic heterocycles. The first-order valence-corrected chi connectivity index (χ1v) is 9.22. The van der Waals surface area contributed by atoms with Crippen LogP contribution < -0.4 is 5.32 Å². The van der Waals surface area contributed by atoms with Gasteiger partial charge in [0.25, 0.3) is 5.91 Å². The Kier molecular flexibility index (Phi) is 6.38. The van der Waals surface area contributed by atoms with Crippen LogP contribution in [0, 0.1) is 0 Å². The number of carbonyl (C=O) groups is 2. The number of alkyl halides is 6. The zero-order valence-corrected chi connectivity index (χ0v) is 16.2. The van der Waals surface area contributed by atoms with Crippen LogP contribution in [-0.2, 0) is 12.4 Å². The molecule has 0 saturated heterocycles. The number of amides is 1. The zero-order chi connectivity index (χ0) is 23.5. The van der Waals surface area contributed by atoms with Crippen LogP contribution in [0.25, 0.3) is 0 Å². The fourth-order valence-electron chi connectivity index (χ4n) is 3.19. The summed E-state index contributed by atoms with van der Waals surface area (Å²) in [5, 5.41) is 2.08. The highest BCUT2D eigenvalue weighted by Gasteiger charge is 2.43. The lowest BCUT2D eigenvalue weighted by atomic mass is 9.95. The summed E-state index contributed by atoms with van der Waals surface area (Å²) in [4.78, 5) is 25.9. The van der Waals surface area contributed by atoms with E-state index in [1.165, 1.54) is 48.5 Å². The SMILES string of the molecule is O=C(N[C@@H](C(=O)c1ccccc1)c1ccccc1)c1c(C(F)(F)F)cccc1C(F)(F)F. The molecule has 0 unspecified atom stereocenters. The van der Waals surface area contributed by atoms with Crippen molar-refractivity contribution in [2.45, 2.75) is 18.4 Å². The molecule has 1 N–H and O–H groups in total. The molecule has 0 spiro atoms. The molecule has 0 heterocycles. The van der Waals surface area contributed by atoms with Gasteiger partial charge in [-0.2, -0.15) is 26.3 Å². The molecule has 32 heavy (non-hydrogen) atoms. The van der Waals surface area contributed by atoms with E-state index in [-0.39, 0.29) is 11.1 Å². The number of rotatable bonds is 5. The molecule has 166 valence electrons. The van der Waals surface area contributed by atoms with Gasteiger partial charge in [-0.25, -0.2) is 0 Å². The highest BCUT2D eigenvalue weighted by atomic mass is 19.4. The van der Waals surface area contributed by atoms with Crippen molar-refractivity contribution >= 4 is 11.7 Å². The molecule has 3 rings (SSSR count). The van der Waals surface area contributed by atoms with E-state index in [1.54, 1.807) is 12.1 Å². The summed E-state index contributed by atoms with van der Waals surface area (Å²) in [6, 6.07) is 14.9. The molecule has 0 bridgehead atoms. The largest absolute Gasteiger partial charge is 0.417 e. The fraction of sp³-hybridized carbons (Fsp3) is 0.130. The van der Waals surface area contributed by atoms with E-state index in [1.807, 2.05) is 0 Å². The first-order valence-electron chi connectivity index (χ1n) is 9.22. The molecule has 0 aromatic heterocycles. The Bertz CT molecular complexity index is 1080. The number of carbonyl (C=O) groups excluding carboxylic acids is 2. The van der Waals surface area contributed by atoms with Gasteiger partial charge in [0.15, 0.2) is 5.78 Å². The van der Waals surface area contributed by atoms with Gasteiger partial charge in [-0.1, -0.05) is 66.7 Å². The predicted octanol–water partition coefficient (Wildman–Crippen LogP) is 6.08. The number of Topliss-reactive ketones (excluding diaryl/α,β-unsaturated/α-hetero) is 1. The van der Waals surface area contributed by atoms with E-state index in [0.717, 1.165) is 0 Å². The van der Waals surface area contributed by atoms with Crippen LogP contribution in [0.2, 0.25) is 0 Å². The van der Waals surface area contributed by atoms with E-state index in [2.05, 4.69) is 5.32 Å². The highest BCUT2D eigenvalue weighted by molar-refractivity contribution is 6.05. The van der Waals surface area contributed by atoms with Gasteiger partial charge in [0.05, 0.1) is 16.7 Å². The normalized spacial score (nSPS) is 12.8. The van der Waals surface area contributed by atoms with Crippen molar-refractivity contribution in [3.05, 3.63) is 107 Å². The Hall–Kier alpha value is -3.62. The number of hydrogen-bond donors (Lipinski definition) is 1. The smallest absolute Gasteiger partial charge is 0.338 e. The predicted molar refractivity (Wildman–Crippen MR) is 104 cm³/mol. The minimum absolute atomic E-state index is 0.127. The van der Waals surface area contributed by atoms with Gasteiger partial charge in [-0.3, -0.25) is 9.59 Å². The summed E-state index contributed by atoms with van der Waals surface area (Å²) in [5.41, 5.74) is -4.75. The third kappa shape index (κ3) is 4.99. The zero-order valence-electron chi connectivity index (χ0n) is 16.2. The van der Waals surface area contributed by atoms with Crippen molar-refractivity contribution in [3.8, 4) is 0 Å². The second kappa shape index (κ2) is 8.86. The Morgan fingerprint density at radius 1 is 0.656 bits per heavy atom. The van der Waals surface area contributed by atoms with Gasteiger partial charge in [0, 0.05) is 5.56 Å². The number of hydrogen-bond acceptors (Lipinski definition) is 2. The molecule has 3 nitrogen and oxygen atoms in total. The maximum Gasteiger partial charge on any atom is 0.417 e. The van der Waals surface area contributed by atoms with Crippen LogP contribution >= 0.6 is 0 Å². The Morgan fingerprint density at radius 3 is 1.59 bits per heavy atom. The maximum absolute atomic E-state index is 13.4. The molecule has 3 aromatic carbocycles. The molecular formula is C23H15F6NO2. The number of nitrogens with one attached hydrogen (secondary N) is 1. The van der Waals surface area contributed by atoms with Crippen molar-refractivity contribution < 1.29 is 35.9 Å². The lowest BCUT2D eigenvalue weighted by molar-refractivity contribution is -0.143. The molecule has 0 fully saturated rings.